The molecule has 1 aromatic heterocycles. The van der Waals surface area contributed by atoms with E-state index in [1.807, 2.05) is 30.3 Å². The summed E-state index contributed by atoms with van der Waals surface area (Å²) < 4.78 is 9.81. The molecule has 1 aromatic carbocycles. The van der Waals surface area contributed by atoms with Crippen LogP contribution in [0.5, 0.6) is 0 Å². The molecule has 0 bridgehead atoms. The zero-order valence-electron chi connectivity index (χ0n) is 12.0. The van der Waals surface area contributed by atoms with Gasteiger partial charge in [-0.1, -0.05) is 30.3 Å². The van der Waals surface area contributed by atoms with E-state index in [2.05, 4.69) is 10.1 Å². The van der Waals surface area contributed by atoms with E-state index in [4.69, 9.17) is 4.42 Å². The summed E-state index contributed by atoms with van der Waals surface area (Å²) in [6, 6.07) is 10.5. The van der Waals surface area contributed by atoms with Gasteiger partial charge in [0.15, 0.2) is 0 Å². The predicted molar refractivity (Wildman–Crippen MR) is 76.7 cm³/mol. The first kappa shape index (κ1) is 14.8. The lowest BCUT2D eigenvalue weighted by atomic mass is 10.0. The molecular weight excluding hydrogens is 270 g/mol. The van der Waals surface area contributed by atoms with Crippen LogP contribution >= 0.6 is 0 Å². The van der Waals surface area contributed by atoms with Crippen LogP contribution in [0.3, 0.4) is 0 Å². The molecule has 2 aromatic rings. The number of amides is 1. The summed E-state index contributed by atoms with van der Waals surface area (Å²) >= 11 is 0. The van der Waals surface area contributed by atoms with E-state index in [-0.39, 0.29) is 18.3 Å². The molecule has 0 saturated carbocycles. The molecule has 1 N–H and O–H groups in total. The van der Waals surface area contributed by atoms with E-state index in [1.54, 1.807) is 13.0 Å². The first-order chi connectivity index (χ1) is 10.1. The second-order valence-corrected chi connectivity index (χ2v) is 4.61. The van der Waals surface area contributed by atoms with Gasteiger partial charge in [0, 0.05) is 0 Å². The molecule has 0 fully saturated rings. The van der Waals surface area contributed by atoms with Crippen LogP contribution in [0.2, 0.25) is 0 Å². The van der Waals surface area contributed by atoms with Crippen molar-refractivity contribution in [1.82, 2.24) is 5.32 Å². The molecule has 1 heterocycles. The molecule has 110 valence electrons. The van der Waals surface area contributed by atoms with E-state index < -0.39 is 6.04 Å². The molecule has 5 heteroatoms. The van der Waals surface area contributed by atoms with Crippen LogP contribution in [0.15, 0.2) is 47.1 Å². The number of ether oxygens (including phenoxy) is 1. The molecule has 5 nitrogen and oxygen atoms in total. The largest absolute Gasteiger partial charge is 0.469 e. The molecule has 0 radical (unpaired) electrons. The average molecular weight is 287 g/mol. The molecule has 0 aliphatic carbocycles. The van der Waals surface area contributed by atoms with Gasteiger partial charge in [0.1, 0.15) is 5.76 Å². The molecular formula is C16H17NO4. The number of carbonyl (C=O) groups excluding carboxylic acids is 2. The Bertz CT molecular complexity index is 618. The fourth-order valence-corrected chi connectivity index (χ4v) is 2.04. The molecule has 0 unspecified atom stereocenters. The van der Waals surface area contributed by atoms with E-state index in [1.165, 1.54) is 13.4 Å². The van der Waals surface area contributed by atoms with Crippen LogP contribution in [0, 0.1) is 6.92 Å². The lowest BCUT2D eigenvalue weighted by Gasteiger charge is -2.18. The van der Waals surface area contributed by atoms with Gasteiger partial charge in [0.25, 0.3) is 5.91 Å². The highest BCUT2D eigenvalue weighted by atomic mass is 16.5. The van der Waals surface area contributed by atoms with Gasteiger partial charge in [-0.3, -0.25) is 9.59 Å². The first-order valence-corrected chi connectivity index (χ1v) is 6.58. The van der Waals surface area contributed by atoms with Gasteiger partial charge in [0.05, 0.1) is 31.4 Å². The Morgan fingerprint density at radius 3 is 2.52 bits per heavy atom. The molecule has 1 amide bonds. The smallest absolute Gasteiger partial charge is 0.307 e. The lowest BCUT2D eigenvalue weighted by molar-refractivity contribution is -0.141. The van der Waals surface area contributed by atoms with Crippen molar-refractivity contribution in [2.75, 3.05) is 7.11 Å². The minimum absolute atomic E-state index is 0.0726. The zero-order valence-corrected chi connectivity index (χ0v) is 12.0. The Labute approximate surface area is 122 Å². The van der Waals surface area contributed by atoms with Gasteiger partial charge in [0.2, 0.25) is 0 Å². The summed E-state index contributed by atoms with van der Waals surface area (Å²) in [5.74, 6) is -0.121. The highest BCUT2D eigenvalue weighted by molar-refractivity contribution is 5.95. The summed E-state index contributed by atoms with van der Waals surface area (Å²) in [6.45, 7) is 1.72. The standard InChI is InChI=1S/C16H17NO4/c1-11-13(8-9-21-11)16(19)17-14(10-15(18)20-2)12-6-4-3-5-7-12/h3-9,14H,10H2,1-2H3,(H,17,19)/t14-/m1/s1. The molecule has 0 spiro atoms. The van der Waals surface area contributed by atoms with Crippen LogP contribution in [0.25, 0.3) is 0 Å². The second-order valence-electron chi connectivity index (χ2n) is 4.61. The van der Waals surface area contributed by atoms with Gasteiger partial charge in [-0.05, 0) is 18.6 Å². The Morgan fingerprint density at radius 1 is 1.24 bits per heavy atom. The van der Waals surface area contributed by atoms with Crippen molar-refractivity contribution >= 4 is 11.9 Å². The molecule has 0 aliphatic heterocycles. The topological polar surface area (TPSA) is 68.5 Å². The maximum absolute atomic E-state index is 12.3. The molecule has 0 aliphatic rings. The number of furan rings is 1. The average Bonchev–Trinajstić information content (AvgIpc) is 2.93. The van der Waals surface area contributed by atoms with E-state index in [0.717, 1.165) is 5.56 Å². The monoisotopic (exact) mass is 287 g/mol. The minimum Gasteiger partial charge on any atom is -0.469 e. The maximum Gasteiger partial charge on any atom is 0.307 e. The highest BCUT2D eigenvalue weighted by Gasteiger charge is 2.21. The summed E-state index contributed by atoms with van der Waals surface area (Å²) in [6.07, 6.45) is 1.53. The number of rotatable bonds is 5. The fourth-order valence-electron chi connectivity index (χ4n) is 2.04. The van der Waals surface area contributed by atoms with Crippen molar-refractivity contribution in [1.29, 1.82) is 0 Å². The quantitative estimate of drug-likeness (QED) is 0.858. The Morgan fingerprint density at radius 2 is 1.95 bits per heavy atom. The Hall–Kier alpha value is -2.56. The van der Waals surface area contributed by atoms with Crippen molar-refractivity contribution in [3.63, 3.8) is 0 Å². The van der Waals surface area contributed by atoms with Crippen molar-refractivity contribution in [2.45, 2.75) is 19.4 Å². The third kappa shape index (κ3) is 3.72. The normalized spacial score (nSPS) is 11.7. The van der Waals surface area contributed by atoms with Crippen molar-refractivity contribution in [3.8, 4) is 0 Å². The van der Waals surface area contributed by atoms with E-state index in [0.29, 0.717) is 11.3 Å². The van der Waals surface area contributed by atoms with Crippen LogP contribution in [0.4, 0.5) is 0 Å². The van der Waals surface area contributed by atoms with Crippen LogP contribution < -0.4 is 5.32 Å². The number of esters is 1. The molecule has 0 saturated heterocycles. The Balaban J connectivity index is 2.18. The molecule has 21 heavy (non-hydrogen) atoms. The number of aryl methyl sites for hydroxylation is 1. The van der Waals surface area contributed by atoms with E-state index >= 15 is 0 Å². The molecule has 1 atom stereocenters. The van der Waals surface area contributed by atoms with Crippen molar-refractivity contribution < 1.29 is 18.7 Å². The zero-order chi connectivity index (χ0) is 15.2. The van der Waals surface area contributed by atoms with Gasteiger partial charge in [-0.15, -0.1) is 0 Å². The van der Waals surface area contributed by atoms with Crippen molar-refractivity contribution in [3.05, 3.63) is 59.5 Å². The SMILES string of the molecule is COC(=O)C[C@@H](NC(=O)c1ccoc1C)c1ccccc1. The number of hydrogen-bond acceptors (Lipinski definition) is 4. The number of methoxy groups -OCH3 is 1. The number of benzene rings is 1. The number of nitrogens with one attached hydrogen (secondary N) is 1. The third-order valence-electron chi connectivity index (χ3n) is 3.21. The van der Waals surface area contributed by atoms with Crippen LogP contribution in [-0.4, -0.2) is 19.0 Å². The predicted octanol–water partition coefficient (Wildman–Crippen LogP) is 2.62. The van der Waals surface area contributed by atoms with Crippen LogP contribution in [0.1, 0.15) is 34.1 Å². The minimum atomic E-state index is -0.444. The fraction of sp³-hybridized carbons (Fsp3) is 0.250. The summed E-state index contributed by atoms with van der Waals surface area (Å²) in [7, 11) is 1.33. The third-order valence-corrected chi connectivity index (χ3v) is 3.21. The Kier molecular flexibility index (Phi) is 4.77. The summed E-state index contributed by atoms with van der Waals surface area (Å²) in [5, 5.41) is 2.84. The van der Waals surface area contributed by atoms with E-state index in [9.17, 15) is 9.59 Å². The summed E-state index contributed by atoms with van der Waals surface area (Å²) in [5.41, 5.74) is 1.30. The highest BCUT2D eigenvalue weighted by Crippen LogP contribution is 2.19. The second kappa shape index (κ2) is 6.74. The molecule has 2 rings (SSSR count). The number of carbonyl (C=O) groups is 2. The van der Waals surface area contributed by atoms with Gasteiger partial charge >= 0.3 is 5.97 Å². The lowest BCUT2D eigenvalue weighted by Crippen LogP contribution is -2.30. The van der Waals surface area contributed by atoms with Gasteiger partial charge in [-0.2, -0.15) is 0 Å². The number of hydrogen-bond donors (Lipinski definition) is 1. The van der Waals surface area contributed by atoms with Crippen LogP contribution in [-0.2, 0) is 9.53 Å². The maximum atomic E-state index is 12.3. The van der Waals surface area contributed by atoms with Gasteiger partial charge < -0.3 is 14.5 Å². The van der Waals surface area contributed by atoms with Gasteiger partial charge in [-0.25, -0.2) is 0 Å². The van der Waals surface area contributed by atoms with Crippen molar-refractivity contribution in [2.24, 2.45) is 0 Å². The summed E-state index contributed by atoms with van der Waals surface area (Å²) in [4.78, 5) is 23.8. The first-order valence-electron chi connectivity index (χ1n) is 6.58.